The molecule has 3 amide bonds. The Morgan fingerprint density at radius 2 is 1.51 bits per heavy atom. The number of benzene rings is 3. The maximum atomic E-state index is 13.8. The summed E-state index contributed by atoms with van der Waals surface area (Å²) in [4.78, 5) is 50.3. The number of hydrogen-bond acceptors (Lipinski definition) is 8. The standard InChI is InChI=1S/C44H57N5O6/c1-9-22-47(23-10-2)40(51)35-26-34-21-20-33(27-36(34)45-38(28-35)46-41(52)54-43(3,4)5)30-16-18-32(19-17-30)39(50)48-24-25-49(42(53)55-44(6,7)8)37(29-48)31-14-12-11-13-15-31/h11-21,26-27,37,39,50H,9-10,22-25,28-29H2,1-8H3,(H,45,46,52). The maximum Gasteiger partial charge on any atom is 0.413 e. The van der Waals surface area contributed by atoms with Gasteiger partial charge in [-0.05, 0) is 88.8 Å². The van der Waals surface area contributed by atoms with Crippen LogP contribution in [0.1, 0.15) is 104 Å². The SMILES string of the molecule is CCCN(CCC)C(=O)C1=Cc2ccc(-c3ccc(C(O)N4CCN(C(=O)OC(C)(C)C)C(c5ccccc5)C4)cc3)cc2N=C(NC(=O)OC(C)(C)C)C1. The Balaban J connectivity index is 1.39. The Bertz CT molecular complexity index is 1870. The van der Waals surface area contributed by atoms with E-state index in [-0.39, 0.29) is 24.5 Å². The van der Waals surface area contributed by atoms with E-state index in [4.69, 9.17) is 14.5 Å². The van der Waals surface area contributed by atoms with Gasteiger partial charge in [-0.1, -0.05) is 80.6 Å². The van der Waals surface area contributed by atoms with Gasteiger partial charge in [0.2, 0.25) is 5.91 Å². The van der Waals surface area contributed by atoms with Gasteiger partial charge in [-0.25, -0.2) is 14.6 Å². The summed E-state index contributed by atoms with van der Waals surface area (Å²) in [5.74, 6) is 0.256. The van der Waals surface area contributed by atoms with Crippen LogP contribution >= 0.6 is 0 Å². The number of rotatable bonds is 9. The van der Waals surface area contributed by atoms with E-state index < -0.39 is 23.5 Å². The smallest absolute Gasteiger partial charge is 0.413 e. The number of nitrogens with zero attached hydrogens (tertiary/aromatic N) is 4. The molecule has 3 aromatic rings. The number of carbonyl (C=O) groups excluding carboxylic acids is 3. The van der Waals surface area contributed by atoms with Crippen molar-refractivity contribution in [2.24, 2.45) is 4.99 Å². The third-order valence-electron chi connectivity index (χ3n) is 9.28. The lowest BCUT2D eigenvalue weighted by molar-refractivity contribution is -0.127. The summed E-state index contributed by atoms with van der Waals surface area (Å²) < 4.78 is 11.3. The number of aliphatic hydroxyl groups is 1. The highest BCUT2D eigenvalue weighted by Gasteiger charge is 2.36. The number of aliphatic imine (C=N–C) groups is 1. The molecule has 0 saturated carbocycles. The van der Waals surface area contributed by atoms with E-state index in [1.54, 1.807) is 25.7 Å². The summed E-state index contributed by atoms with van der Waals surface area (Å²) >= 11 is 0. The Labute approximate surface area is 326 Å². The van der Waals surface area contributed by atoms with Crippen LogP contribution in [-0.4, -0.2) is 87.7 Å². The Morgan fingerprint density at radius 1 is 0.873 bits per heavy atom. The van der Waals surface area contributed by atoms with Crippen molar-refractivity contribution in [1.82, 2.24) is 20.0 Å². The monoisotopic (exact) mass is 751 g/mol. The largest absolute Gasteiger partial charge is 0.444 e. The summed E-state index contributed by atoms with van der Waals surface area (Å²) in [5.41, 5.74) is 4.10. The molecule has 1 saturated heterocycles. The number of carbonyl (C=O) groups is 3. The average molecular weight is 752 g/mol. The highest BCUT2D eigenvalue weighted by atomic mass is 16.6. The molecule has 11 nitrogen and oxygen atoms in total. The predicted molar refractivity (Wildman–Crippen MR) is 217 cm³/mol. The van der Waals surface area contributed by atoms with Crippen LogP contribution in [0.5, 0.6) is 0 Å². The van der Waals surface area contributed by atoms with E-state index in [1.165, 1.54) is 0 Å². The summed E-state index contributed by atoms with van der Waals surface area (Å²) in [5, 5.41) is 14.4. The van der Waals surface area contributed by atoms with E-state index in [0.717, 1.165) is 40.7 Å². The lowest BCUT2D eigenvalue weighted by Gasteiger charge is -2.43. The van der Waals surface area contributed by atoms with E-state index in [9.17, 15) is 19.5 Å². The van der Waals surface area contributed by atoms with Gasteiger partial charge in [-0.2, -0.15) is 0 Å². The van der Waals surface area contributed by atoms with Gasteiger partial charge in [0.05, 0.1) is 11.7 Å². The van der Waals surface area contributed by atoms with Crippen LogP contribution in [-0.2, 0) is 14.3 Å². The maximum absolute atomic E-state index is 13.8. The zero-order valence-electron chi connectivity index (χ0n) is 33.6. The highest BCUT2D eigenvalue weighted by molar-refractivity contribution is 6.08. The van der Waals surface area contributed by atoms with Crippen molar-refractivity contribution in [3.8, 4) is 11.1 Å². The number of ether oxygens (including phenoxy) is 2. The molecule has 0 radical (unpaired) electrons. The third kappa shape index (κ3) is 11.0. The second kappa shape index (κ2) is 17.6. The summed E-state index contributed by atoms with van der Waals surface area (Å²) in [6.45, 7) is 17.7. The molecule has 1 fully saturated rings. The Morgan fingerprint density at radius 3 is 2.13 bits per heavy atom. The van der Waals surface area contributed by atoms with Crippen molar-refractivity contribution in [1.29, 1.82) is 0 Å². The van der Waals surface area contributed by atoms with Crippen molar-refractivity contribution in [2.45, 2.75) is 98.1 Å². The first-order valence-electron chi connectivity index (χ1n) is 19.3. The summed E-state index contributed by atoms with van der Waals surface area (Å²) in [6.07, 6.45) is 1.81. The van der Waals surface area contributed by atoms with Crippen molar-refractivity contribution in [3.63, 3.8) is 0 Å². The van der Waals surface area contributed by atoms with Crippen LogP contribution in [0.2, 0.25) is 0 Å². The zero-order valence-corrected chi connectivity index (χ0v) is 33.6. The van der Waals surface area contributed by atoms with Gasteiger partial charge in [-0.3, -0.25) is 19.9 Å². The molecule has 0 spiro atoms. The predicted octanol–water partition coefficient (Wildman–Crippen LogP) is 8.63. The number of amides is 3. The first-order valence-corrected chi connectivity index (χ1v) is 19.3. The van der Waals surface area contributed by atoms with Crippen LogP contribution in [0.25, 0.3) is 17.2 Å². The molecule has 2 N–H and O–H groups in total. The summed E-state index contributed by atoms with van der Waals surface area (Å²) in [6, 6.07) is 23.2. The Hall–Kier alpha value is -5.00. The van der Waals surface area contributed by atoms with Crippen molar-refractivity contribution >= 4 is 35.7 Å². The quantitative estimate of drug-likeness (QED) is 0.224. The van der Waals surface area contributed by atoms with Gasteiger partial charge in [0.25, 0.3) is 0 Å². The molecule has 2 aliphatic heterocycles. The van der Waals surface area contributed by atoms with Gasteiger partial charge >= 0.3 is 12.2 Å². The Kier molecular flexibility index (Phi) is 13.2. The van der Waals surface area contributed by atoms with Crippen LogP contribution in [0, 0.1) is 0 Å². The van der Waals surface area contributed by atoms with Crippen molar-refractivity contribution in [3.05, 3.63) is 95.1 Å². The topological polar surface area (TPSA) is 124 Å². The molecule has 294 valence electrons. The molecule has 0 aliphatic carbocycles. The van der Waals surface area contributed by atoms with Crippen molar-refractivity contribution < 1.29 is 29.0 Å². The number of alkyl carbamates (subject to hydrolysis) is 1. The molecule has 0 aromatic heterocycles. The van der Waals surface area contributed by atoms with Crippen LogP contribution in [0.3, 0.4) is 0 Å². The number of piperazine rings is 1. The fraction of sp³-hybridized carbons (Fsp3) is 0.455. The average Bonchev–Trinajstić information content (AvgIpc) is 3.31. The van der Waals surface area contributed by atoms with Crippen LogP contribution < -0.4 is 5.32 Å². The summed E-state index contributed by atoms with van der Waals surface area (Å²) in [7, 11) is 0. The lowest BCUT2D eigenvalue weighted by Crippen LogP contribution is -2.52. The fourth-order valence-corrected chi connectivity index (χ4v) is 6.82. The van der Waals surface area contributed by atoms with E-state index in [0.29, 0.717) is 49.8 Å². The highest BCUT2D eigenvalue weighted by Crippen LogP contribution is 2.35. The van der Waals surface area contributed by atoms with Gasteiger partial charge < -0.3 is 19.5 Å². The first-order chi connectivity index (χ1) is 26.0. The zero-order chi connectivity index (χ0) is 39.9. The lowest BCUT2D eigenvalue weighted by atomic mass is 9.99. The minimum Gasteiger partial charge on any atom is -0.444 e. The van der Waals surface area contributed by atoms with Crippen molar-refractivity contribution in [2.75, 3.05) is 32.7 Å². The molecule has 2 unspecified atom stereocenters. The molecule has 5 rings (SSSR count). The molecule has 2 heterocycles. The normalized spacial score (nSPS) is 16.9. The molecule has 55 heavy (non-hydrogen) atoms. The third-order valence-corrected chi connectivity index (χ3v) is 9.28. The molecule has 2 atom stereocenters. The first kappa shape index (κ1) is 41.2. The van der Waals surface area contributed by atoms with Crippen LogP contribution in [0.4, 0.5) is 15.3 Å². The van der Waals surface area contributed by atoms with Gasteiger partial charge in [0.15, 0.2) is 0 Å². The number of aliphatic hydroxyl groups excluding tert-OH is 1. The number of hydrogen-bond donors (Lipinski definition) is 2. The second-order valence-electron chi connectivity index (χ2n) is 16.2. The molecule has 0 bridgehead atoms. The fourth-order valence-electron chi connectivity index (χ4n) is 6.82. The number of amidine groups is 1. The van der Waals surface area contributed by atoms with Crippen LogP contribution in [0.15, 0.2) is 83.4 Å². The number of nitrogens with one attached hydrogen (secondary N) is 1. The molecule has 2 aliphatic rings. The van der Waals surface area contributed by atoms with Gasteiger partial charge in [-0.15, -0.1) is 0 Å². The molecular formula is C44H57N5O6. The van der Waals surface area contributed by atoms with E-state index >= 15 is 0 Å². The van der Waals surface area contributed by atoms with E-state index in [2.05, 4.69) is 19.2 Å². The van der Waals surface area contributed by atoms with Gasteiger partial charge in [0.1, 0.15) is 23.3 Å². The van der Waals surface area contributed by atoms with Gasteiger partial charge in [0, 0.05) is 50.3 Å². The number of fused-ring (bicyclic) bond motifs is 1. The second-order valence-corrected chi connectivity index (χ2v) is 16.2. The minimum atomic E-state index is -0.889. The minimum absolute atomic E-state index is 0.0743. The van der Waals surface area contributed by atoms with E-state index in [1.807, 2.05) is 109 Å². The molecule has 3 aromatic carbocycles. The molecule has 11 heteroatoms. The molecular weight excluding hydrogens is 695 g/mol.